The molecule has 2 atom stereocenters. The number of pyridine rings is 1. The van der Waals surface area contributed by atoms with Gasteiger partial charge in [-0.2, -0.15) is 4.91 Å². The number of carboxylic acids is 1. The Kier molecular flexibility index (Phi) is 7.36. The Bertz CT molecular complexity index is 1140. The SMILES string of the molecule is Cc1cc(C(CC(c2ccc(N3CCC(C(=O)O)CC3)cc2)c2ccccc2C)N=O)ccn1. The van der Waals surface area contributed by atoms with Crippen LogP contribution in [-0.4, -0.2) is 29.1 Å². The number of carboxylic acid groups (broad SMARTS) is 1. The van der Waals surface area contributed by atoms with Crippen molar-refractivity contribution in [3.8, 4) is 0 Å². The maximum absolute atomic E-state index is 11.9. The summed E-state index contributed by atoms with van der Waals surface area (Å²) in [6.07, 6.45) is 3.64. The van der Waals surface area contributed by atoms with Crippen LogP contribution in [0.4, 0.5) is 5.69 Å². The molecule has 0 aliphatic carbocycles. The van der Waals surface area contributed by atoms with Gasteiger partial charge in [0.05, 0.1) is 5.92 Å². The maximum atomic E-state index is 11.9. The number of anilines is 1. The van der Waals surface area contributed by atoms with Gasteiger partial charge in [-0.15, -0.1) is 0 Å². The van der Waals surface area contributed by atoms with Crippen molar-refractivity contribution in [3.63, 3.8) is 0 Å². The molecule has 1 aromatic heterocycles. The molecule has 1 aliphatic rings. The molecule has 176 valence electrons. The van der Waals surface area contributed by atoms with E-state index < -0.39 is 12.0 Å². The monoisotopic (exact) mass is 457 g/mol. The predicted octanol–water partition coefficient (Wildman–Crippen LogP) is 6.03. The molecule has 2 unspecified atom stereocenters. The first-order valence-electron chi connectivity index (χ1n) is 11.8. The van der Waals surface area contributed by atoms with E-state index in [0.717, 1.165) is 35.6 Å². The Morgan fingerprint density at radius 1 is 1.06 bits per heavy atom. The number of aromatic nitrogens is 1. The molecule has 0 amide bonds. The average molecular weight is 458 g/mol. The van der Waals surface area contributed by atoms with Crippen LogP contribution in [0.5, 0.6) is 0 Å². The number of rotatable bonds is 8. The third-order valence-electron chi connectivity index (χ3n) is 6.96. The van der Waals surface area contributed by atoms with E-state index in [9.17, 15) is 14.8 Å². The lowest BCUT2D eigenvalue weighted by atomic mass is 9.82. The van der Waals surface area contributed by atoms with E-state index in [2.05, 4.69) is 58.4 Å². The molecule has 0 spiro atoms. The van der Waals surface area contributed by atoms with Crippen molar-refractivity contribution in [3.05, 3.63) is 99.7 Å². The number of nitrogens with zero attached hydrogens (tertiary/aromatic N) is 3. The smallest absolute Gasteiger partial charge is 0.306 e. The van der Waals surface area contributed by atoms with Crippen molar-refractivity contribution in [2.75, 3.05) is 18.0 Å². The van der Waals surface area contributed by atoms with Gasteiger partial charge in [-0.3, -0.25) is 9.78 Å². The minimum atomic E-state index is -0.696. The van der Waals surface area contributed by atoms with Gasteiger partial charge in [0.2, 0.25) is 0 Å². The van der Waals surface area contributed by atoms with Gasteiger partial charge in [-0.25, -0.2) is 0 Å². The normalized spacial score (nSPS) is 16.1. The molecular formula is C28H31N3O3. The Labute approximate surface area is 200 Å². The van der Waals surface area contributed by atoms with Gasteiger partial charge in [0, 0.05) is 36.6 Å². The highest BCUT2D eigenvalue weighted by molar-refractivity contribution is 5.70. The molecule has 2 aromatic carbocycles. The van der Waals surface area contributed by atoms with E-state index >= 15 is 0 Å². The number of carbonyl (C=O) groups is 1. The molecule has 1 N–H and O–H groups in total. The number of benzene rings is 2. The van der Waals surface area contributed by atoms with E-state index in [-0.39, 0.29) is 11.8 Å². The van der Waals surface area contributed by atoms with E-state index in [1.807, 2.05) is 31.2 Å². The van der Waals surface area contributed by atoms with E-state index in [4.69, 9.17) is 0 Å². The molecule has 3 aromatic rings. The summed E-state index contributed by atoms with van der Waals surface area (Å²) in [5, 5.41) is 12.8. The molecular weight excluding hydrogens is 426 g/mol. The number of aryl methyl sites for hydroxylation is 2. The molecule has 0 bridgehead atoms. The fourth-order valence-electron chi connectivity index (χ4n) is 4.96. The zero-order chi connectivity index (χ0) is 24.1. The fourth-order valence-corrected chi connectivity index (χ4v) is 4.96. The number of hydrogen-bond acceptors (Lipinski definition) is 5. The molecule has 1 fully saturated rings. The van der Waals surface area contributed by atoms with Gasteiger partial charge in [0.25, 0.3) is 0 Å². The molecule has 0 radical (unpaired) electrons. The van der Waals surface area contributed by atoms with Crippen LogP contribution in [0.15, 0.2) is 72.0 Å². The summed E-state index contributed by atoms with van der Waals surface area (Å²) in [7, 11) is 0. The van der Waals surface area contributed by atoms with Crippen LogP contribution in [0.3, 0.4) is 0 Å². The average Bonchev–Trinajstić information content (AvgIpc) is 2.86. The molecule has 0 saturated carbocycles. The predicted molar refractivity (Wildman–Crippen MR) is 134 cm³/mol. The van der Waals surface area contributed by atoms with E-state index in [1.54, 1.807) is 6.20 Å². The minimum absolute atomic E-state index is 0.0177. The summed E-state index contributed by atoms with van der Waals surface area (Å²) in [5.41, 5.74) is 6.37. The van der Waals surface area contributed by atoms with Gasteiger partial charge in [0.1, 0.15) is 6.04 Å². The lowest BCUT2D eigenvalue weighted by Gasteiger charge is -2.32. The third-order valence-corrected chi connectivity index (χ3v) is 6.96. The second kappa shape index (κ2) is 10.6. The molecule has 6 nitrogen and oxygen atoms in total. The van der Waals surface area contributed by atoms with Crippen LogP contribution in [0.25, 0.3) is 0 Å². The Balaban J connectivity index is 1.60. The number of aliphatic carboxylic acids is 1. The van der Waals surface area contributed by atoms with Gasteiger partial charge in [-0.05, 0) is 79.6 Å². The number of nitroso groups, excluding NO2 is 1. The van der Waals surface area contributed by atoms with Crippen LogP contribution in [0, 0.1) is 24.7 Å². The summed E-state index contributed by atoms with van der Waals surface area (Å²) in [5.74, 6) is -0.923. The van der Waals surface area contributed by atoms with Crippen LogP contribution in [0.1, 0.15) is 59.2 Å². The molecule has 1 saturated heterocycles. The highest BCUT2D eigenvalue weighted by Crippen LogP contribution is 2.38. The largest absolute Gasteiger partial charge is 0.481 e. The first-order valence-corrected chi connectivity index (χ1v) is 11.8. The fraction of sp³-hybridized carbons (Fsp3) is 0.357. The first kappa shape index (κ1) is 23.6. The second-order valence-electron chi connectivity index (χ2n) is 9.19. The quantitative estimate of drug-likeness (QED) is 0.418. The molecule has 2 heterocycles. The lowest BCUT2D eigenvalue weighted by molar-refractivity contribution is -0.142. The number of piperidine rings is 1. The van der Waals surface area contributed by atoms with Crippen molar-refractivity contribution in [2.45, 2.75) is 45.1 Å². The highest BCUT2D eigenvalue weighted by Gasteiger charge is 2.26. The summed E-state index contributed by atoms with van der Waals surface area (Å²) >= 11 is 0. The molecule has 34 heavy (non-hydrogen) atoms. The summed E-state index contributed by atoms with van der Waals surface area (Å²) in [6, 6.07) is 20.1. The topological polar surface area (TPSA) is 82.9 Å². The van der Waals surface area contributed by atoms with Crippen LogP contribution in [-0.2, 0) is 4.79 Å². The van der Waals surface area contributed by atoms with Crippen molar-refractivity contribution < 1.29 is 9.90 Å². The van der Waals surface area contributed by atoms with Gasteiger partial charge >= 0.3 is 5.97 Å². The molecule has 4 rings (SSSR count). The van der Waals surface area contributed by atoms with Gasteiger partial charge < -0.3 is 10.0 Å². The minimum Gasteiger partial charge on any atom is -0.481 e. The highest BCUT2D eigenvalue weighted by atomic mass is 16.4. The van der Waals surface area contributed by atoms with Crippen molar-refractivity contribution in [2.24, 2.45) is 11.1 Å². The van der Waals surface area contributed by atoms with Crippen molar-refractivity contribution in [1.29, 1.82) is 0 Å². The summed E-state index contributed by atoms with van der Waals surface area (Å²) in [4.78, 5) is 29.7. The Morgan fingerprint density at radius 2 is 1.76 bits per heavy atom. The second-order valence-corrected chi connectivity index (χ2v) is 9.19. The van der Waals surface area contributed by atoms with Crippen molar-refractivity contribution >= 4 is 11.7 Å². The maximum Gasteiger partial charge on any atom is 0.306 e. The van der Waals surface area contributed by atoms with Crippen LogP contribution in [0.2, 0.25) is 0 Å². The summed E-state index contributed by atoms with van der Waals surface area (Å²) in [6.45, 7) is 5.51. The molecule has 1 aliphatic heterocycles. The van der Waals surface area contributed by atoms with Gasteiger partial charge in [-0.1, -0.05) is 41.6 Å². The molecule has 6 heteroatoms. The Morgan fingerprint density at radius 3 is 2.38 bits per heavy atom. The van der Waals surface area contributed by atoms with Crippen LogP contribution >= 0.6 is 0 Å². The van der Waals surface area contributed by atoms with E-state index in [1.165, 1.54) is 11.1 Å². The van der Waals surface area contributed by atoms with Crippen LogP contribution < -0.4 is 4.90 Å². The standard InChI is InChI=1S/C28H31N3O3/c1-19-5-3-4-6-25(19)26(18-27(30-34)23-11-14-29-20(2)17-23)21-7-9-24(10-8-21)31-15-12-22(13-16-31)28(32)33/h3-11,14,17,22,26-27H,12-13,15-16,18H2,1-2H3,(H,32,33). The summed E-state index contributed by atoms with van der Waals surface area (Å²) < 4.78 is 0. The third kappa shape index (κ3) is 5.33. The van der Waals surface area contributed by atoms with Crippen molar-refractivity contribution in [1.82, 2.24) is 4.98 Å². The zero-order valence-electron chi connectivity index (χ0n) is 19.7. The van der Waals surface area contributed by atoms with Gasteiger partial charge in [0.15, 0.2) is 0 Å². The number of hydrogen-bond donors (Lipinski definition) is 1. The zero-order valence-corrected chi connectivity index (χ0v) is 19.7. The Hall–Kier alpha value is -3.54. The van der Waals surface area contributed by atoms with E-state index in [0.29, 0.717) is 19.3 Å². The first-order chi connectivity index (χ1) is 16.5. The lowest BCUT2D eigenvalue weighted by Crippen LogP contribution is -2.36.